The fourth-order valence-corrected chi connectivity index (χ4v) is 0. The Bertz CT molecular complexity index is 8.00. The molecule has 0 radical (unpaired) electrons. The molecule has 0 N–H and O–H groups in total. The zero-order valence-corrected chi connectivity index (χ0v) is 11.8. The molecular weight excluding hydrogens is 346 g/mol. The van der Waals surface area contributed by atoms with E-state index in [-0.39, 0.29) is 97.8 Å². The van der Waals surface area contributed by atoms with Crippen LogP contribution in [0.4, 0.5) is 0 Å². The Hall–Kier alpha value is 2.88. The molecule has 4 heteroatoms. The van der Waals surface area contributed by atoms with Gasteiger partial charge in [-0.15, -0.1) is 0 Å². The first-order valence-corrected chi connectivity index (χ1v) is 0. The van der Waals surface area contributed by atoms with Crippen LogP contribution in [0.2, 0.25) is 0 Å². The van der Waals surface area contributed by atoms with Gasteiger partial charge in [-0.05, 0) is 0 Å². The number of hydrogen-bond acceptors (Lipinski definition) is 0. The van der Waals surface area contributed by atoms with E-state index in [0.29, 0.717) is 0 Å². The smallest absolute Gasteiger partial charge is 2.00 e. The summed E-state index contributed by atoms with van der Waals surface area (Å²) in [5.41, 5.74) is 0. The number of rotatable bonds is 0. The predicted molar refractivity (Wildman–Crippen MR) is 6.44 cm³/mol. The maximum Gasteiger partial charge on any atom is 2.00 e. The van der Waals surface area contributed by atoms with E-state index in [4.69, 9.17) is 0 Å². The molecule has 1 nitrogen and oxygen atoms in total. The van der Waals surface area contributed by atoms with Gasteiger partial charge in [0.2, 0.25) is 0 Å². The molecular formula is BaIOZn+. The largest absolute Gasteiger partial charge is 2.00 e. The van der Waals surface area contributed by atoms with Crippen molar-refractivity contribution in [3.63, 3.8) is 0 Å². The molecule has 0 aromatic heterocycles. The van der Waals surface area contributed by atoms with Gasteiger partial charge in [0.1, 0.15) is 0 Å². The van der Waals surface area contributed by atoms with Crippen LogP contribution in [0, 0.1) is 0 Å². The summed E-state index contributed by atoms with van der Waals surface area (Å²) in [6.45, 7) is 0. The summed E-state index contributed by atoms with van der Waals surface area (Å²) < 4.78 is 0. The van der Waals surface area contributed by atoms with Crippen LogP contribution in [0.5, 0.6) is 0 Å². The van der Waals surface area contributed by atoms with Gasteiger partial charge in [0.25, 0.3) is 0 Å². The first kappa shape index (κ1) is 28.6. The molecule has 0 unspecified atom stereocenters. The van der Waals surface area contributed by atoms with E-state index in [1.165, 1.54) is 0 Å². The summed E-state index contributed by atoms with van der Waals surface area (Å²) in [6, 6.07) is 0. The van der Waals surface area contributed by atoms with E-state index in [2.05, 4.69) is 0 Å². The average Bonchev–Trinajstić information content (AvgIpc) is 0. The van der Waals surface area contributed by atoms with Crippen molar-refractivity contribution in [2.24, 2.45) is 0 Å². The maximum absolute atomic E-state index is 0. The molecule has 0 amide bonds. The van der Waals surface area contributed by atoms with Crippen molar-refractivity contribution in [1.29, 1.82) is 0 Å². The minimum absolute atomic E-state index is 0. The van der Waals surface area contributed by atoms with Crippen molar-refractivity contribution < 1.29 is 48.9 Å². The fraction of sp³-hybridized carbons (Fsp3) is 0. The van der Waals surface area contributed by atoms with Crippen LogP contribution in [-0.2, 0) is 25.0 Å². The molecule has 0 aromatic rings. The van der Waals surface area contributed by atoms with E-state index < -0.39 is 0 Å². The van der Waals surface area contributed by atoms with Gasteiger partial charge in [-0.2, -0.15) is 0 Å². The Kier molecular flexibility index (Phi) is 121. The molecule has 0 rings (SSSR count). The number of hydrogen-bond donors (Lipinski definition) is 0. The quantitative estimate of drug-likeness (QED) is 0.322. The van der Waals surface area contributed by atoms with Crippen LogP contribution in [0.3, 0.4) is 0 Å². The second-order valence-corrected chi connectivity index (χ2v) is 0. The molecule has 0 saturated carbocycles. The Labute approximate surface area is 95.5 Å². The van der Waals surface area contributed by atoms with Crippen LogP contribution < -0.4 is 24.0 Å². The summed E-state index contributed by atoms with van der Waals surface area (Å²) in [5.74, 6) is 0. The van der Waals surface area contributed by atoms with Gasteiger partial charge >= 0.3 is 68.4 Å². The fourth-order valence-electron chi connectivity index (χ4n) is 0. The van der Waals surface area contributed by atoms with Crippen molar-refractivity contribution >= 4 is 48.9 Å². The standard InChI is InChI=1S/Ba.HI.O.Zn/h;1H;;/q+2;;-2;+2/p-1. The minimum Gasteiger partial charge on any atom is -2.00 e. The van der Waals surface area contributed by atoms with Crippen molar-refractivity contribution in [1.82, 2.24) is 0 Å². The SMILES string of the molecule is [Ba+2].[I-].[O-2].[Zn+2]. The zero-order chi connectivity index (χ0) is 0. The van der Waals surface area contributed by atoms with Crippen molar-refractivity contribution in [3.05, 3.63) is 0 Å². The van der Waals surface area contributed by atoms with E-state index in [1.54, 1.807) is 0 Å². The molecule has 0 bridgehead atoms. The van der Waals surface area contributed by atoms with Crippen molar-refractivity contribution in [3.8, 4) is 0 Å². The molecule has 0 fully saturated rings. The summed E-state index contributed by atoms with van der Waals surface area (Å²) in [7, 11) is 0. The van der Waals surface area contributed by atoms with E-state index in [0.717, 1.165) is 0 Å². The summed E-state index contributed by atoms with van der Waals surface area (Å²) in [4.78, 5) is 0. The van der Waals surface area contributed by atoms with Crippen molar-refractivity contribution in [2.75, 3.05) is 0 Å². The van der Waals surface area contributed by atoms with Crippen LogP contribution >= 0.6 is 0 Å². The molecule has 0 spiro atoms. The van der Waals surface area contributed by atoms with Crippen molar-refractivity contribution in [2.45, 2.75) is 0 Å². The first-order chi connectivity index (χ1) is 0. The third-order valence-electron chi connectivity index (χ3n) is 0. The van der Waals surface area contributed by atoms with E-state index in [1.807, 2.05) is 0 Å². The Balaban J connectivity index is 0. The van der Waals surface area contributed by atoms with Gasteiger partial charge < -0.3 is 29.5 Å². The second-order valence-electron chi connectivity index (χ2n) is 0. The average molecular weight is 346 g/mol. The molecule has 16 valence electrons. The predicted octanol–water partition coefficient (Wildman–Crippen LogP) is -3.50. The summed E-state index contributed by atoms with van der Waals surface area (Å²) >= 11 is 0. The molecule has 0 heterocycles. The topological polar surface area (TPSA) is 28.5 Å². The normalized spacial score (nSPS) is 0. The van der Waals surface area contributed by atoms with Crippen LogP contribution in [-0.4, -0.2) is 48.9 Å². The zero-order valence-electron chi connectivity index (χ0n) is 2.20. The summed E-state index contributed by atoms with van der Waals surface area (Å²) in [6.07, 6.45) is 0. The molecule has 4 heavy (non-hydrogen) atoms. The maximum atomic E-state index is 0. The van der Waals surface area contributed by atoms with Gasteiger partial charge in [-0.3, -0.25) is 0 Å². The molecule has 0 aliphatic rings. The molecule has 0 atom stereocenters. The Morgan fingerprint density at radius 1 is 1.00 bits per heavy atom. The van der Waals surface area contributed by atoms with Crippen LogP contribution in [0.1, 0.15) is 0 Å². The molecule has 0 saturated heterocycles. The number of halogens is 1. The third kappa shape index (κ3) is 8.86. The molecule has 0 aliphatic carbocycles. The van der Waals surface area contributed by atoms with Gasteiger partial charge in [0.05, 0.1) is 0 Å². The molecule has 0 aliphatic heterocycles. The van der Waals surface area contributed by atoms with E-state index >= 15 is 0 Å². The second kappa shape index (κ2) is 16.9. The summed E-state index contributed by atoms with van der Waals surface area (Å²) in [5, 5.41) is 0. The van der Waals surface area contributed by atoms with Gasteiger partial charge in [0.15, 0.2) is 0 Å². The first-order valence-electron chi connectivity index (χ1n) is 0. The van der Waals surface area contributed by atoms with E-state index in [9.17, 15) is 0 Å². The van der Waals surface area contributed by atoms with Gasteiger partial charge in [-0.25, -0.2) is 0 Å². The van der Waals surface area contributed by atoms with Crippen LogP contribution in [0.25, 0.3) is 0 Å². The van der Waals surface area contributed by atoms with Gasteiger partial charge in [0, 0.05) is 0 Å². The Morgan fingerprint density at radius 2 is 1.00 bits per heavy atom. The minimum atomic E-state index is 0. The Morgan fingerprint density at radius 3 is 1.00 bits per heavy atom. The third-order valence-corrected chi connectivity index (χ3v) is 0. The monoisotopic (exact) mass is 345 g/mol. The molecule has 0 aromatic carbocycles. The van der Waals surface area contributed by atoms with Gasteiger partial charge in [-0.1, -0.05) is 0 Å². The van der Waals surface area contributed by atoms with Crippen LogP contribution in [0.15, 0.2) is 0 Å².